The SMILES string of the molecule is CCCCCCCCOc1ccc(C#Cc2ccc(-c3ccc(-c4ccc(C#Cc5ccc(OCCCCCCCC)cc5)s4)s3)s2)cc1. The molecule has 3 heterocycles. The smallest absolute Gasteiger partial charge is 0.119 e. The van der Waals surface area contributed by atoms with Gasteiger partial charge in [0.05, 0.1) is 23.0 Å². The van der Waals surface area contributed by atoms with Crippen molar-refractivity contribution in [3.8, 4) is 54.7 Å². The van der Waals surface area contributed by atoms with Crippen LogP contribution in [0.5, 0.6) is 11.5 Å². The zero-order chi connectivity index (χ0) is 33.9. The number of benzene rings is 2. The number of thiophene rings is 3. The van der Waals surface area contributed by atoms with E-state index in [2.05, 4.69) is 73.9 Å². The number of hydrogen-bond acceptors (Lipinski definition) is 5. The molecule has 0 bridgehead atoms. The van der Waals surface area contributed by atoms with Gasteiger partial charge in [0.15, 0.2) is 0 Å². The Morgan fingerprint density at radius 3 is 1.18 bits per heavy atom. The van der Waals surface area contributed by atoms with Crippen LogP contribution in [-0.2, 0) is 0 Å². The van der Waals surface area contributed by atoms with Crippen molar-refractivity contribution in [2.45, 2.75) is 90.9 Å². The quantitative estimate of drug-likeness (QED) is 0.0668. The van der Waals surface area contributed by atoms with Gasteiger partial charge >= 0.3 is 0 Å². The zero-order valence-electron chi connectivity index (χ0n) is 29.0. The first-order chi connectivity index (χ1) is 24.2. The lowest BCUT2D eigenvalue weighted by Crippen LogP contribution is -1.97. The van der Waals surface area contributed by atoms with E-state index >= 15 is 0 Å². The molecule has 0 aliphatic rings. The largest absolute Gasteiger partial charge is 0.494 e. The molecule has 0 saturated carbocycles. The van der Waals surface area contributed by atoms with Gasteiger partial charge < -0.3 is 9.47 Å². The molecule has 0 unspecified atom stereocenters. The normalized spacial score (nSPS) is 10.7. The molecule has 2 nitrogen and oxygen atoms in total. The van der Waals surface area contributed by atoms with Crippen LogP contribution in [0.2, 0.25) is 0 Å². The summed E-state index contributed by atoms with van der Waals surface area (Å²) in [4.78, 5) is 7.16. The molecule has 0 spiro atoms. The van der Waals surface area contributed by atoms with Gasteiger partial charge in [0.1, 0.15) is 11.5 Å². The van der Waals surface area contributed by atoms with Gasteiger partial charge in [-0.3, -0.25) is 0 Å². The first-order valence-corrected chi connectivity index (χ1v) is 20.4. The Hall–Kier alpha value is -3.74. The van der Waals surface area contributed by atoms with E-state index in [1.54, 1.807) is 22.7 Å². The maximum Gasteiger partial charge on any atom is 0.119 e. The maximum atomic E-state index is 5.92. The van der Waals surface area contributed by atoms with Crippen molar-refractivity contribution in [2.24, 2.45) is 0 Å². The van der Waals surface area contributed by atoms with E-state index in [4.69, 9.17) is 9.47 Å². The number of hydrogen-bond donors (Lipinski definition) is 0. The number of ether oxygens (including phenoxy) is 2. The third-order valence-corrected chi connectivity index (χ3v) is 11.7. The van der Waals surface area contributed by atoms with Crippen LogP contribution in [0.4, 0.5) is 0 Å². The van der Waals surface area contributed by atoms with Crippen LogP contribution >= 0.6 is 34.0 Å². The van der Waals surface area contributed by atoms with Crippen molar-refractivity contribution in [2.75, 3.05) is 13.2 Å². The van der Waals surface area contributed by atoms with Crippen molar-refractivity contribution < 1.29 is 9.47 Å². The lowest BCUT2D eigenvalue weighted by molar-refractivity contribution is 0.304. The van der Waals surface area contributed by atoms with Crippen LogP contribution < -0.4 is 9.47 Å². The fourth-order valence-corrected chi connectivity index (χ4v) is 8.26. The molecule has 3 aromatic heterocycles. The van der Waals surface area contributed by atoms with Crippen LogP contribution in [0, 0.1) is 23.7 Å². The van der Waals surface area contributed by atoms with Crippen molar-refractivity contribution in [1.82, 2.24) is 0 Å². The second-order valence-corrected chi connectivity index (χ2v) is 15.5. The summed E-state index contributed by atoms with van der Waals surface area (Å²) in [6.07, 6.45) is 15.3. The third kappa shape index (κ3) is 12.6. The van der Waals surface area contributed by atoms with E-state index < -0.39 is 0 Å². The van der Waals surface area contributed by atoms with Crippen molar-refractivity contribution in [1.29, 1.82) is 0 Å². The van der Waals surface area contributed by atoms with Gasteiger partial charge in [-0.2, -0.15) is 0 Å². The molecule has 0 radical (unpaired) electrons. The fourth-order valence-electron chi connectivity index (χ4n) is 5.36. The second-order valence-electron chi connectivity index (χ2n) is 12.3. The van der Waals surface area contributed by atoms with Crippen LogP contribution in [0.25, 0.3) is 19.5 Å². The van der Waals surface area contributed by atoms with E-state index in [0.717, 1.165) is 58.4 Å². The Balaban J connectivity index is 1.08. The molecule has 5 heteroatoms. The Kier molecular flexibility index (Phi) is 15.4. The molecule has 0 atom stereocenters. The molecule has 0 saturated heterocycles. The molecule has 0 aliphatic heterocycles. The van der Waals surface area contributed by atoms with Crippen LogP contribution in [0.1, 0.15) is 112 Å². The van der Waals surface area contributed by atoms with E-state index in [-0.39, 0.29) is 0 Å². The van der Waals surface area contributed by atoms with Crippen molar-refractivity contribution >= 4 is 34.0 Å². The van der Waals surface area contributed by atoms with Gasteiger partial charge in [0.2, 0.25) is 0 Å². The first-order valence-electron chi connectivity index (χ1n) is 18.0. The summed E-state index contributed by atoms with van der Waals surface area (Å²) in [5, 5.41) is 0. The van der Waals surface area contributed by atoms with E-state index in [1.165, 1.54) is 83.7 Å². The van der Waals surface area contributed by atoms with Gasteiger partial charge in [-0.15, -0.1) is 34.0 Å². The minimum absolute atomic E-state index is 0.784. The van der Waals surface area contributed by atoms with Gasteiger partial charge in [-0.25, -0.2) is 0 Å². The Morgan fingerprint density at radius 1 is 0.388 bits per heavy atom. The van der Waals surface area contributed by atoms with Gasteiger partial charge in [0, 0.05) is 30.6 Å². The van der Waals surface area contributed by atoms with Gasteiger partial charge in [0.25, 0.3) is 0 Å². The molecule has 5 rings (SSSR count). The predicted molar refractivity (Wildman–Crippen MR) is 214 cm³/mol. The molecular weight excluding hydrogens is 657 g/mol. The molecule has 254 valence electrons. The molecule has 2 aromatic carbocycles. The topological polar surface area (TPSA) is 18.5 Å². The summed E-state index contributed by atoms with van der Waals surface area (Å²) in [6.45, 7) is 6.07. The lowest BCUT2D eigenvalue weighted by atomic mass is 10.1. The van der Waals surface area contributed by atoms with Gasteiger partial charge in [-0.1, -0.05) is 102 Å². The van der Waals surface area contributed by atoms with Crippen molar-refractivity contribution in [3.63, 3.8) is 0 Å². The first kappa shape index (κ1) is 36.5. The number of unbranched alkanes of at least 4 members (excludes halogenated alkanes) is 10. The highest BCUT2D eigenvalue weighted by molar-refractivity contribution is 7.26. The summed E-state index contributed by atoms with van der Waals surface area (Å²) in [5.41, 5.74) is 2.00. The monoisotopic (exact) mass is 704 g/mol. The number of rotatable bonds is 18. The molecule has 0 N–H and O–H groups in total. The van der Waals surface area contributed by atoms with Crippen LogP contribution in [0.15, 0.2) is 84.9 Å². The second kappa shape index (κ2) is 20.7. The highest BCUT2D eigenvalue weighted by Gasteiger charge is 2.09. The highest BCUT2D eigenvalue weighted by Crippen LogP contribution is 2.39. The standard InChI is InChI=1S/C44H48O2S3/c1-3-5-7-9-11-13-33-45-37-21-15-35(16-22-37)19-25-39-27-29-41(47-39)43-31-32-44(49-43)42-30-28-40(48-42)26-20-36-17-23-38(24-18-36)46-34-14-12-10-8-6-4-2/h15-18,21-24,27-32H,3-14,33-34H2,1-2H3. The maximum absolute atomic E-state index is 5.92. The van der Waals surface area contributed by atoms with Crippen molar-refractivity contribution in [3.05, 3.63) is 106 Å². The molecule has 0 amide bonds. The summed E-state index contributed by atoms with van der Waals surface area (Å²) >= 11 is 5.30. The third-order valence-electron chi connectivity index (χ3n) is 8.21. The molecule has 5 aromatic rings. The Morgan fingerprint density at radius 2 is 0.755 bits per heavy atom. The molecule has 49 heavy (non-hydrogen) atoms. The average Bonchev–Trinajstić information content (AvgIpc) is 3.92. The average molecular weight is 705 g/mol. The van der Waals surface area contributed by atoms with Gasteiger partial charge in [-0.05, 0) is 97.8 Å². The summed E-state index contributed by atoms with van der Waals surface area (Å²) in [7, 11) is 0. The Labute approximate surface area is 306 Å². The summed E-state index contributed by atoms with van der Waals surface area (Å²) in [5.74, 6) is 15.2. The highest BCUT2D eigenvalue weighted by atomic mass is 32.1. The van der Waals surface area contributed by atoms with Crippen LogP contribution in [-0.4, -0.2) is 13.2 Å². The lowest BCUT2D eigenvalue weighted by Gasteiger charge is -2.06. The van der Waals surface area contributed by atoms with E-state index in [9.17, 15) is 0 Å². The van der Waals surface area contributed by atoms with Crippen LogP contribution in [0.3, 0.4) is 0 Å². The summed E-state index contributed by atoms with van der Waals surface area (Å²) < 4.78 is 11.8. The minimum Gasteiger partial charge on any atom is -0.494 e. The summed E-state index contributed by atoms with van der Waals surface area (Å²) in [6, 6.07) is 29.3. The fraction of sp³-hybridized carbons (Fsp3) is 0.364. The Bertz CT molecular complexity index is 1670. The molecular formula is C44H48O2S3. The molecule has 0 aliphatic carbocycles. The molecule has 0 fully saturated rings. The van der Waals surface area contributed by atoms with E-state index in [0.29, 0.717) is 0 Å². The predicted octanol–water partition coefficient (Wildman–Crippen LogP) is 13.5. The minimum atomic E-state index is 0.784. The zero-order valence-corrected chi connectivity index (χ0v) is 31.5. The van der Waals surface area contributed by atoms with E-state index in [1.807, 2.05) is 59.9 Å².